The maximum atomic E-state index is 5.80. The Morgan fingerprint density at radius 3 is 2.61 bits per heavy atom. The van der Waals surface area contributed by atoms with Gasteiger partial charge in [-0.2, -0.15) is 0 Å². The van der Waals surface area contributed by atoms with Crippen LogP contribution < -0.4 is 5.32 Å². The summed E-state index contributed by atoms with van der Waals surface area (Å²) in [6, 6.07) is 0. The zero-order valence-electron chi connectivity index (χ0n) is 12.0. The molecule has 3 nitrogen and oxygen atoms in total. The normalized spacial score (nSPS) is 37.0. The van der Waals surface area contributed by atoms with Crippen molar-refractivity contribution in [3.63, 3.8) is 0 Å². The molecule has 3 aliphatic rings. The SMILES string of the molecule is COC1(CN2CCCNC(C)(C3CC3)C2)CCC1. The molecule has 18 heavy (non-hydrogen) atoms. The van der Waals surface area contributed by atoms with Crippen molar-refractivity contribution < 1.29 is 4.74 Å². The van der Waals surface area contributed by atoms with Crippen LogP contribution in [0.4, 0.5) is 0 Å². The summed E-state index contributed by atoms with van der Waals surface area (Å²) < 4.78 is 5.80. The molecule has 2 aliphatic carbocycles. The fourth-order valence-corrected chi connectivity index (χ4v) is 3.81. The van der Waals surface area contributed by atoms with E-state index in [1.807, 2.05) is 7.11 Å². The molecule has 0 radical (unpaired) electrons. The highest BCUT2D eigenvalue weighted by Crippen LogP contribution is 2.41. The third-order valence-electron chi connectivity index (χ3n) is 5.42. The summed E-state index contributed by atoms with van der Waals surface area (Å²) in [5.74, 6) is 0.915. The number of rotatable bonds is 4. The lowest BCUT2D eigenvalue weighted by atomic mass is 9.79. The summed E-state index contributed by atoms with van der Waals surface area (Å²) >= 11 is 0. The zero-order chi connectivity index (χ0) is 12.6. The second-order valence-electron chi connectivity index (χ2n) is 6.92. The molecule has 0 spiro atoms. The summed E-state index contributed by atoms with van der Waals surface area (Å²) in [5, 5.41) is 3.81. The first kappa shape index (κ1) is 12.9. The second-order valence-corrected chi connectivity index (χ2v) is 6.92. The highest BCUT2D eigenvalue weighted by Gasteiger charge is 2.45. The van der Waals surface area contributed by atoms with Crippen molar-refractivity contribution >= 4 is 0 Å². The monoisotopic (exact) mass is 252 g/mol. The van der Waals surface area contributed by atoms with Crippen molar-refractivity contribution in [3.05, 3.63) is 0 Å². The number of methoxy groups -OCH3 is 1. The molecule has 0 aromatic heterocycles. The van der Waals surface area contributed by atoms with E-state index in [1.165, 1.54) is 58.2 Å². The van der Waals surface area contributed by atoms with Crippen LogP contribution >= 0.6 is 0 Å². The first-order valence-electron chi connectivity index (χ1n) is 7.68. The van der Waals surface area contributed by atoms with Crippen LogP contribution in [0.15, 0.2) is 0 Å². The molecule has 1 atom stereocenters. The Labute approximate surface area is 111 Å². The van der Waals surface area contributed by atoms with E-state index in [2.05, 4.69) is 17.1 Å². The van der Waals surface area contributed by atoms with Gasteiger partial charge in [0, 0.05) is 25.7 Å². The van der Waals surface area contributed by atoms with Crippen LogP contribution in [0, 0.1) is 5.92 Å². The van der Waals surface area contributed by atoms with Crippen LogP contribution in [-0.2, 0) is 4.74 Å². The standard InChI is InChI=1S/C15H28N2O/c1-14(13-5-6-13)11-17(10-4-9-16-14)12-15(18-2)7-3-8-15/h13,16H,3-12H2,1-2H3. The molecule has 0 aromatic rings. The van der Waals surface area contributed by atoms with Gasteiger partial charge >= 0.3 is 0 Å². The largest absolute Gasteiger partial charge is 0.377 e. The molecule has 2 saturated carbocycles. The molecule has 0 aromatic carbocycles. The fraction of sp³-hybridized carbons (Fsp3) is 1.00. The molecule has 3 heteroatoms. The van der Waals surface area contributed by atoms with E-state index in [4.69, 9.17) is 4.74 Å². The predicted octanol–water partition coefficient (Wildman–Crippen LogP) is 2.02. The van der Waals surface area contributed by atoms with Gasteiger partial charge in [0.2, 0.25) is 0 Å². The minimum Gasteiger partial charge on any atom is -0.377 e. The molecular formula is C15H28N2O. The van der Waals surface area contributed by atoms with Gasteiger partial charge in [0.15, 0.2) is 0 Å². The molecule has 1 heterocycles. The van der Waals surface area contributed by atoms with Gasteiger partial charge in [-0.25, -0.2) is 0 Å². The Balaban J connectivity index is 1.63. The van der Waals surface area contributed by atoms with Crippen LogP contribution in [0.3, 0.4) is 0 Å². The van der Waals surface area contributed by atoms with Crippen LogP contribution in [0.25, 0.3) is 0 Å². The maximum Gasteiger partial charge on any atom is 0.0805 e. The molecule has 104 valence electrons. The lowest BCUT2D eigenvalue weighted by molar-refractivity contribution is -0.0930. The number of hydrogen-bond acceptors (Lipinski definition) is 3. The summed E-state index contributed by atoms with van der Waals surface area (Å²) in [5.41, 5.74) is 0.546. The summed E-state index contributed by atoms with van der Waals surface area (Å²) in [7, 11) is 1.90. The molecule has 3 rings (SSSR count). The fourth-order valence-electron chi connectivity index (χ4n) is 3.81. The lowest BCUT2D eigenvalue weighted by Crippen LogP contribution is -2.55. The maximum absolute atomic E-state index is 5.80. The molecule has 3 fully saturated rings. The number of nitrogens with one attached hydrogen (secondary N) is 1. The van der Waals surface area contributed by atoms with Crippen molar-refractivity contribution in [2.24, 2.45) is 5.92 Å². The van der Waals surface area contributed by atoms with E-state index in [0.717, 1.165) is 12.5 Å². The molecule has 1 aliphatic heterocycles. The van der Waals surface area contributed by atoms with Crippen molar-refractivity contribution in [2.45, 2.75) is 56.6 Å². The average molecular weight is 252 g/mol. The second kappa shape index (κ2) is 4.77. The highest BCUT2D eigenvalue weighted by molar-refractivity contribution is 5.02. The molecular weight excluding hydrogens is 224 g/mol. The van der Waals surface area contributed by atoms with Crippen molar-refractivity contribution in [2.75, 3.05) is 33.3 Å². The first-order valence-corrected chi connectivity index (χ1v) is 7.68. The first-order chi connectivity index (χ1) is 8.66. The predicted molar refractivity (Wildman–Crippen MR) is 73.8 cm³/mol. The molecule has 0 bridgehead atoms. The van der Waals surface area contributed by atoms with E-state index < -0.39 is 0 Å². The van der Waals surface area contributed by atoms with Gasteiger partial charge in [0.1, 0.15) is 0 Å². The number of nitrogens with zero attached hydrogens (tertiary/aromatic N) is 1. The smallest absolute Gasteiger partial charge is 0.0805 e. The minimum absolute atomic E-state index is 0.189. The Bertz CT molecular complexity index is 293. The Kier molecular flexibility index (Phi) is 3.41. The van der Waals surface area contributed by atoms with E-state index >= 15 is 0 Å². The van der Waals surface area contributed by atoms with Gasteiger partial charge in [0.05, 0.1) is 5.60 Å². The van der Waals surface area contributed by atoms with E-state index in [-0.39, 0.29) is 5.60 Å². The Hall–Kier alpha value is -0.120. The van der Waals surface area contributed by atoms with Crippen molar-refractivity contribution in [1.29, 1.82) is 0 Å². The quantitative estimate of drug-likeness (QED) is 0.828. The molecule has 1 unspecified atom stereocenters. The van der Waals surface area contributed by atoms with Crippen molar-refractivity contribution in [3.8, 4) is 0 Å². The van der Waals surface area contributed by atoms with Gasteiger partial charge in [0.25, 0.3) is 0 Å². The van der Waals surface area contributed by atoms with Crippen LogP contribution in [0.5, 0.6) is 0 Å². The van der Waals surface area contributed by atoms with Crippen LogP contribution in [0.1, 0.15) is 45.4 Å². The minimum atomic E-state index is 0.189. The van der Waals surface area contributed by atoms with Gasteiger partial charge in [-0.05, 0) is 64.5 Å². The number of hydrogen-bond donors (Lipinski definition) is 1. The Morgan fingerprint density at radius 1 is 1.28 bits per heavy atom. The van der Waals surface area contributed by atoms with E-state index in [0.29, 0.717) is 5.54 Å². The average Bonchev–Trinajstić information content (AvgIpc) is 3.11. The number of ether oxygens (including phenoxy) is 1. The van der Waals surface area contributed by atoms with Gasteiger partial charge in [-0.3, -0.25) is 4.90 Å². The van der Waals surface area contributed by atoms with E-state index in [1.54, 1.807) is 0 Å². The van der Waals surface area contributed by atoms with Crippen molar-refractivity contribution in [1.82, 2.24) is 10.2 Å². The highest BCUT2D eigenvalue weighted by atomic mass is 16.5. The zero-order valence-corrected chi connectivity index (χ0v) is 12.0. The summed E-state index contributed by atoms with van der Waals surface area (Å²) in [4.78, 5) is 2.67. The van der Waals surface area contributed by atoms with E-state index in [9.17, 15) is 0 Å². The summed E-state index contributed by atoms with van der Waals surface area (Å²) in [6.45, 7) is 7.21. The molecule has 1 saturated heterocycles. The summed E-state index contributed by atoms with van der Waals surface area (Å²) in [6.07, 6.45) is 7.99. The molecule has 0 amide bonds. The Morgan fingerprint density at radius 2 is 2.06 bits per heavy atom. The lowest BCUT2D eigenvalue weighted by Gasteiger charge is -2.45. The third-order valence-corrected chi connectivity index (χ3v) is 5.42. The molecule has 1 N–H and O–H groups in total. The topological polar surface area (TPSA) is 24.5 Å². The van der Waals surface area contributed by atoms with Crippen LogP contribution in [-0.4, -0.2) is 49.3 Å². The van der Waals surface area contributed by atoms with Gasteiger partial charge < -0.3 is 10.1 Å². The van der Waals surface area contributed by atoms with Gasteiger partial charge in [-0.1, -0.05) is 0 Å². The van der Waals surface area contributed by atoms with Gasteiger partial charge in [-0.15, -0.1) is 0 Å². The third kappa shape index (κ3) is 2.45. The van der Waals surface area contributed by atoms with Crippen LogP contribution in [0.2, 0.25) is 0 Å².